The number of fused-ring (bicyclic) bond motifs is 4. The maximum absolute atomic E-state index is 14.5. The molecule has 2 aromatic heterocycles. The van der Waals surface area contributed by atoms with Crippen molar-refractivity contribution in [3.8, 4) is 22.2 Å². The summed E-state index contributed by atoms with van der Waals surface area (Å²) >= 11 is 1.51. The molecule has 2 aromatic carbocycles. The van der Waals surface area contributed by atoms with E-state index in [1.807, 2.05) is 19.1 Å². The van der Waals surface area contributed by atoms with E-state index < -0.39 is 5.82 Å². The molecule has 0 bridgehead atoms. The number of hydrogen-bond acceptors (Lipinski definition) is 7. The molecule has 4 aromatic rings. The summed E-state index contributed by atoms with van der Waals surface area (Å²) in [6.45, 7) is 2.34. The van der Waals surface area contributed by atoms with Crippen molar-refractivity contribution in [1.29, 1.82) is 0 Å². The predicted molar refractivity (Wildman–Crippen MR) is 107 cm³/mol. The highest BCUT2D eigenvalue weighted by Gasteiger charge is 2.29. The van der Waals surface area contributed by atoms with E-state index >= 15 is 0 Å². The Balaban J connectivity index is 1.73. The van der Waals surface area contributed by atoms with Gasteiger partial charge in [0, 0.05) is 30.2 Å². The van der Waals surface area contributed by atoms with Crippen LogP contribution in [0, 0.1) is 12.7 Å². The van der Waals surface area contributed by atoms with Crippen LogP contribution in [0.3, 0.4) is 0 Å². The molecule has 142 valence electrons. The second-order valence-electron chi connectivity index (χ2n) is 6.81. The second kappa shape index (κ2) is 6.35. The molecule has 6 nitrogen and oxygen atoms in total. The summed E-state index contributed by atoms with van der Waals surface area (Å²) in [7, 11) is 1.56. The molecule has 0 aliphatic carbocycles. The van der Waals surface area contributed by atoms with Crippen LogP contribution in [0.5, 0.6) is 11.6 Å². The van der Waals surface area contributed by atoms with E-state index in [0.29, 0.717) is 30.1 Å². The number of hydrogen-bond donors (Lipinski definition) is 1. The largest absolute Gasteiger partial charge is 0.485 e. The van der Waals surface area contributed by atoms with Gasteiger partial charge in [-0.05, 0) is 24.6 Å². The molecule has 5 rings (SSSR count). The zero-order valence-electron chi connectivity index (χ0n) is 15.3. The molecule has 0 saturated heterocycles. The highest BCUT2D eigenvalue weighted by Crippen LogP contribution is 2.43. The minimum atomic E-state index is -0.395. The molecule has 0 saturated carbocycles. The van der Waals surface area contributed by atoms with E-state index in [-0.39, 0.29) is 6.10 Å². The highest BCUT2D eigenvalue weighted by molar-refractivity contribution is 7.22. The Kier molecular flexibility index (Phi) is 3.92. The van der Waals surface area contributed by atoms with Crippen LogP contribution in [0.15, 0.2) is 24.4 Å². The predicted octanol–water partition coefficient (Wildman–Crippen LogP) is 3.62. The Morgan fingerprint density at radius 3 is 2.93 bits per heavy atom. The van der Waals surface area contributed by atoms with Gasteiger partial charge in [-0.1, -0.05) is 0 Å². The summed E-state index contributed by atoms with van der Waals surface area (Å²) < 4.78 is 26.3. The molecule has 0 fully saturated rings. The van der Waals surface area contributed by atoms with Gasteiger partial charge < -0.3 is 15.2 Å². The lowest BCUT2D eigenvalue weighted by molar-refractivity contribution is 0.232. The van der Waals surface area contributed by atoms with E-state index in [9.17, 15) is 4.39 Å². The topological polar surface area (TPSA) is 83.2 Å². The number of halogens is 1. The number of aryl methyl sites for hydroxylation is 1. The SMILES string of the molecule is COc1cnc2c(-c3nc4cc(F)c5c(c4s3)CC(CN)O5)cc(C)cc2n1. The fourth-order valence-corrected chi connectivity index (χ4v) is 4.69. The van der Waals surface area contributed by atoms with Gasteiger partial charge in [-0.3, -0.25) is 0 Å². The third-order valence-electron chi connectivity index (χ3n) is 4.87. The molecule has 3 heterocycles. The minimum absolute atomic E-state index is 0.196. The molecule has 28 heavy (non-hydrogen) atoms. The first-order valence-corrected chi connectivity index (χ1v) is 9.69. The third kappa shape index (κ3) is 2.60. The Hall–Kier alpha value is -2.84. The molecule has 1 unspecified atom stereocenters. The van der Waals surface area contributed by atoms with Gasteiger partial charge in [0.15, 0.2) is 11.6 Å². The van der Waals surface area contributed by atoms with Crippen molar-refractivity contribution < 1.29 is 13.9 Å². The number of rotatable bonds is 3. The average Bonchev–Trinajstić information content (AvgIpc) is 3.31. The lowest BCUT2D eigenvalue weighted by Gasteiger charge is -2.06. The van der Waals surface area contributed by atoms with Gasteiger partial charge in [0.25, 0.3) is 0 Å². The van der Waals surface area contributed by atoms with Crippen LogP contribution in [0.25, 0.3) is 31.8 Å². The zero-order chi connectivity index (χ0) is 19.4. The average molecular weight is 396 g/mol. The Morgan fingerprint density at radius 1 is 1.29 bits per heavy atom. The number of aromatic nitrogens is 3. The summed E-state index contributed by atoms with van der Waals surface area (Å²) in [5, 5.41) is 0.771. The maximum atomic E-state index is 14.5. The van der Waals surface area contributed by atoms with Gasteiger partial charge in [0.1, 0.15) is 11.1 Å². The highest BCUT2D eigenvalue weighted by atomic mass is 32.1. The van der Waals surface area contributed by atoms with E-state index in [4.69, 9.17) is 20.2 Å². The Morgan fingerprint density at radius 2 is 2.14 bits per heavy atom. The Labute approximate surface area is 164 Å². The molecule has 0 radical (unpaired) electrons. The first-order chi connectivity index (χ1) is 13.6. The normalized spacial score (nSPS) is 15.8. The van der Waals surface area contributed by atoms with Crippen LogP contribution < -0.4 is 15.2 Å². The van der Waals surface area contributed by atoms with Crippen LogP contribution in [-0.2, 0) is 6.42 Å². The van der Waals surface area contributed by atoms with Gasteiger partial charge in [-0.25, -0.2) is 19.3 Å². The molecule has 8 heteroatoms. The van der Waals surface area contributed by atoms with E-state index in [2.05, 4.69) is 9.97 Å². The molecule has 0 amide bonds. The minimum Gasteiger partial charge on any atom is -0.485 e. The fraction of sp³-hybridized carbons (Fsp3) is 0.250. The van der Waals surface area contributed by atoms with Gasteiger partial charge in [0.2, 0.25) is 5.88 Å². The van der Waals surface area contributed by atoms with Crippen molar-refractivity contribution in [3.63, 3.8) is 0 Å². The summed E-state index contributed by atoms with van der Waals surface area (Å²) in [5.41, 5.74) is 10.6. The van der Waals surface area contributed by atoms with E-state index in [1.165, 1.54) is 17.4 Å². The number of thiazole rings is 1. The number of methoxy groups -OCH3 is 1. The second-order valence-corrected chi connectivity index (χ2v) is 7.80. The molecule has 1 aliphatic rings. The van der Waals surface area contributed by atoms with E-state index in [1.54, 1.807) is 13.3 Å². The summed E-state index contributed by atoms with van der Waals surface area (Å²) in [6, 6.07) is 5.41. The standard InChI is InChI=1S/C20H17FN4O2S/c1-9-3-11(17-14(4-9)24-16(26-2)8-23-17)20-25-15-6-13(21)18-12(19(15)28-20)5-10(7-22)27-18/h3-4,6,8,10H,5,7,22H2,1-2H3. The quantitative estimate of drug-likeness (QED) is 0.569. The number of ether oxygens (including phenoxy) is 2. The molecular weight excluding hydrogens is 379 g/mol. The number of benzene rings is 2. The molecule has 1 aliphatic heterocycles. The van der Waals surface area contributed by atoms with Crippen molar-refractivity contribution in [2.75, 3.05) is 13.7 Å². The number of nitrogens with zero attached hydrogens (tertiary/aromatic N) is 3. The zero-order valence-corrected chi connectivity index (χ0v) is 16.1. The third-order valence-corrected chi connectivity index (χ3v) is 6.03. The lowest BCUT2D eigenvalue weighted by Crippen LogP contribution is -2.24. The van der Waals surface area contributed by atoms with Crippen molar-refractivity contribution in [2.45, 2.75) is 19.4 Å². The smallest absolute Gasteiger partial charge is 0.232 e. The van der Waals surface area contributed by atoms with Gasteiger partial charge in [-0.15, -0.1) is 11.3 Å². The molecule has 1 atom stereocenters. The maximum Gasteiger partial charge on any atom is 0.232 e. The van der Waals surface area contributed by atoms with Crippen LogP contribution in [-0.4, -0.2) is 34.7 Å². The Bertz CT molecular complexity index is 1240. The molecular formula is C20H17FN4O2S. The molecule has 0 spiro atoms. The van der Waals surface area contributed by atoms with Gasteiger partial charge in [-0.2, -0.15) is 0 Å². The van der Waals surface area contributed by atoms with Gasteiger partial charge in [0.05, 0.1) is 34.6 Å². The monoisotopic (exact) mass is 396 g/mol. The van der Waals surface area contributed by atoms with Crippen LogP contribution in [0.2, 0.25) is 0 Å². The van der Waals surface area contributed by atoms with Crippen molar-refractivity contribution in [2.24, 2.45) is 5.73 Å². The first-order valence-electron chi connectivity index (χ1n) is 8.87. The number of nitrogens with two attached hydrogens (primary N) is 1. The van der Waals surface area contributed by atoms with E-state index in [0.717, 1.165) is 37.4 Å². The lowest BCUT2D eigenvalue weighted by atomic mass is 10.1. The van der Waals surface area contributed by atoms with Crippen LogP contribution in [0.4, 0.5) is 4.39 Å². The summed E-state index contributed by atoms with van der Waals surface area (Å²) in [4.78, 5) is 13.7. The fourth-order valence-electron chi connectivity index (χ4n) is 3.58. The molecule has 2 N–H and O–H groups in total. The van der Waals surface area contributed by atoms with Gasteiger partial charge >= 0.3 is 0 Å². The van der Waals surface area contributed by atoms with Crippen molar-refractivity contribution >= 4 is 32.6 Å². The van der Waals surface area contributed by atoms with Crippen molar-refractivity contribution in [1.82, 2.24) is 15.0 Å². The summed E-state index contributed by atoms with van der Waals surface area (Å²) in [6.07, 6.45) is 1.98. The van der Waals surface area contributed by atoms with Crippen molar-refractivity contribution in [3.05, 3.63) is 41.3 Å². The van der Waals surface area contributed by atoms with Crippen LogP contribution >= 0.6 is 11.3 Å². The van der Waals surface area contributed by atoms with Crippen LogP contribution in [0.1, 0.15) is 11.1 Å². The summed E-state index contributed by atoms with van der Waals surface area (Å²) in [5.74, 6) is 0.365. The first kappa shape index (κ1) is 17.3.